The van der Waals surface area contributed by atoms with Crippen molar-refractivity contribution in [3.63, 3.8) is 0 Å². The van der Waals surface area contributed by atoms with E-state index in [1.54, 1.807) is 6.07 Å². The topological polar surface area (TPSA) is 14.2 Å². The summed E-state index contributed by atoms with van der Waals surface area (Å²) in [6, 6.07) is 7.15. The lowest BCUT2D eigenvalue weighted by atomic mass is 9.98. The molecular formula is C17H20FNO. The van der Waals surface area contributed by atoms with Gasteiger partial charge in [-0.25, -0.2) is 4.39 Å². The number of hydrogen-bond donors (Lipinski definition) is 0. The molecule has 1 atom stereocenters. The minimum atomic E-state index is -0.138. The zero-order valence-corrected chi connectivity index (χ0v) is 11.6. The van der Waals surface area contributed by atoms with Gasteiger partial charge in [-0.2, -0.15) is 0 Å². The van der Waals surface area contributed by atoms with E-state index in [1.807, 2.05) is 18.3 Å². The van der Waals surface area contributed by atoms with Crippen molar-refractivity contribution >= 4 is 10.9 Å². The average molecular weight is 273 g/mol. The predicted molar refractivity (Wildman–Crippen MR) is 77.2 cm³/mol. The number of aromatic nitrogens is 1. The monoisotopic (exact) mass is 273 g/mol. The Labute approximate surface area is 118 Å². The molecule has 1 aromatic carbocycles. The first-order chi connectivity index (χ1) is 9.76. The van der Waals surface area contributed by atoms with Crippen LogP contribution in [0.3, 0.4) is 0 Å². The Bertz CT molecular complexity index is 627. The number of ether oxygens (including phenoxy) is 1. The van der Waals surface area contributed by atoms with E-state index in [2.05, 4.69) is 4.57 Å². The molecule has 2 heterocycles. The molecule has 0 amide bonds. The van der Waals surface area contributed by atoms with Crippen LogP contribution in [0.25, 0.3) is 10.9 Å². The van der Waals surface area contributed by atoms with Crippen LogP contribution in [-0.4, -0.2) is 16.3 Å². The summed E-state index contributed by atoms with van der Waals surface area (Å²) >= 11 is 0. The van der Waals surface area contributed by atoms with Gasteiger partial charge in [-0.3, -0.25) is 0 Å². The van der Waals surface area contributed by atoms with Crippen LogP contribution in [0.1, 0.15) is 38.5 Å². The highest BCUT2D eigenvalue weighted by Crippen LogP contribution is 2.43. The summed E-state index contributed by atoms with van der Waals surface area (Å²) in [5.41, 5.74) is 1.15. The minimum absolute atomic E-state index is 0.138. The van der Waals surface area contributed by atoms with Crippen LogP contribution in [0.5, 0.6) is 0 Å². The van der Waals surface area contributed by atoms with E-state index in [9.17, 15) is 4.39 Å². The molecule has 1 saturated carbocycles. The van der Waals surface area contributed by atoms with Gasteiger partial charge >= 0.3 is 0 Å². The van der Waals surface area contributed by atoms with Crippen molar-refractivity contribution in [2.75, 3.05) is 0 Å². The quantitative estimate of drug-likeness (QED) is 0.797. The van der Waals surface area contributed by atoms with Crippen molar-refractivity contribution in [1.82, 2.24) is 4.57 Å². The highest BCUT2D eigenvalue weighted by molar-refractivity contribution is 5.80. The van der Waals surface area contributed by atoms with Crippen LogP contribution >= 0.6 is 0 Å². The SMILES string of the molecule is Fc1cccc2c1ccn2CC1CCC2(CCCC2)O1. The average Bonchev–Trinajstić information content (AvgIpc) is 3.15. The maximum Gasteiger partial charge on any atom is 0.132 e. The number of fused-ring (bicyclic) bond motifs is 1. The van der Waals surface area contributed by atoms with Crippen LogP contribution in [0.15, 0.2) is 30.5 Å². The summed E-state index contributed by atoms with van der Waals surface area (Å²) in [5.74, 6) is -0.138. The van der Waals surface area contributed by atoms with Crippen molar-refractivity contribution in [1.29, 1.82) is 0 Å². The van der Waals surface area contributed by atoms with E-state index < -0.39 is 0 Å². The molecule has 2 aliphatic rings. The van der Waals surface area contributed by atoms with Crippen molar-refractivity contribution < 1.29 is 9.13 Å². The summed E-state index contributed by atoms with van der Waals surface area (Å²) in [7, 11) is 0. The molecule has 2 fully saturated rings. The van der Waals surface area contributed by atoms with E-state index in [4.69, 9.17) is 4.74 Å². The van der Waals surface area contributed by atoms with Gasteiger partial charge in [-0.05, 0) is 43.9 Å². The Balaban J connectivity index is 1.55. The molecule has 2 nitrogen and oxygen atoms in total. The summed E-state index contributed by atoms with van der Waals surface area (Å²) in [6.45, 7) is 0.842. The van der Waals surface area contributed by atoms with E-state index in [0.717, 1.165) is 18.5 Å². The number of rotatable bonds is 2. The Kier molecular flexibility index (Phi) is 2.84. The van der Waals surface area contributed by atoms with Crippen LogP contribution in [0.4, 0.5) is 4.39 Å². The molecule has 3 heteroatoms. The van der Waals surface area contributed by atoms with Gasteiger partial charge in [-0.1, -0.05) is 18.9 Å². The smallest absolute Gasteiger partial charge is 0.132 e. The van der Waals surface area contributed by atoms with Crippen LogP contribution in [0, 0.1) is 5.82 Å². The van der Waals surface area contributed by atoms with Gasteiger partial charge in [0, 0.05) is 18.1 Å². The maximum atomic E-state index is 13.7. The van der Waals surface area contributed by atoms with E-state index in [0.29, 0.717) is 5.39 Å². The first-order valence-corrected chi connectivity index (χ1v) is 7.67. The Morgan fingerprint density at radius 1 is 1.20 bits per heavy atom. The van der Waals surface area contributed by atoms with Crippen molar-refractivity contribution in [2.24, 2.45) is 0 Å². The molecule has 1 unspecified atom stereocenters. The van der Waals surface area contributed by atoms with Crippen molar-refractivity contribution in [3.05, 3.63) is 36.3 Å². The lowest BCUT2D eigenvalue weighted by molar-refractivity contribution is -0.0414. The zero-order chi connectivity index (χ0) is 13.6. The molecular weight excluding hydrogens is 253 g/mol. The van der Waals surface area contributed by atoms with E-state index in [-0.39, 0.29) is 17.5 Å². The normalized spacial score (nSPS) is 24.9. The molecule has 20 heavy (non-hydrogen) atoms. The largest absolute Gasteiger partial charge is 0.370 e. The Morgan fingerprint density at radius 2 is 2.05 bits per heavy atom. The molecule has 4 rings (SSSR count). The van der Waals surface area contributed by atoms with Gasteiger partial charge in [0.25, 0.3) is 0 Å². The van der Waals surface area contributed by atoms with Gasteiger partial charge in [0.05, 0.1) is 17.2 Å². The minimum Gasteiger partial charge on any atom is -0.370 e. The molecule has 1 saturated heterocycles. The molecule has 1 aliphatic heterocycles. The summed E-state index contributed by atoms with van der Waals surface area (Å²) in [4.78, 5) is 0. The maximum absolute atomic E-state index is 13.7. The Hall–Kier alpha value is -1.35. The highest BCUT2D eigenvalue weighted by atomic mass is 19.1. The van der Waals surface area contributed by atoms with Crippen molar-refractivity contribution in [3.8, 4) is 0 Å². The standard InChI is InChI=1S/C17H20FNO/c18-15-4-3-5-16-14(15)7-11-19(16)12-13-6-10-17(20-13)8-1-2-9-17/h3-5,7,11,13H,1-2,6,8-10,12H2. The fourth-order valence-electron chi connectivity index (χ4n) is 3.98. The molecule has 0 bridgehead atoms. The van der Waals surface area contributed by atoms with Crippen LogP contribution in [-0.2, 0) is 11.3 Å². The highest BCUT2D eigenvalue weighted by Gasteiger charge is 2.42. The molecule has 0 radical (unpaired) electrons. The number of halogens is 1. The summed E-state index contributed by atoms with van der Waals surface area (Å²) in [5, 5.41) is 0.709. The number of benzene rings is 1. The molecule has 0 N–H and O–H groups in total. The molecule has 2 aromatic rings. The molecule has 1 aromatic heterocycles. The van der Waals surface area contributed by atoms with Gasteiger partial charge in [-0.15, -0.1) is 0 Å². The zero-order valence-electron chi connectivity index (χ0n) is 11.6. The number of nitrogens with zero attached hydrogens (tertiary/aromatic N) is 1. The third kappa shape index (κ3) is 1.96. The fourth-order valence-corrected chi connectivity index (χ4v) is 3.98. The van der Waals surface area contributed by atoms with E-state index >= 15 is 0 Å². The third-order valence-corrected chi connectivity index (χ3v) is 5.01. The lowest BCUT2D eigenvalue weighted by Crippen LogP contribution is -2.26. The first-order valence-electron chi connectivity index (χ1n) is 7.67. The summed E-state index contributed by atoms with van der Waals surface area (Å²) < 4.78 is 22.2. The second kappa shape index (κ2) is 4.59. The van der Waals surface area contributed by atoms with Gasteiger partial charge in [0.1, 0.15) is 5.82 Å². The third-order valence-electron chi connectivity index (χ3n) is 5.01. The molecule has 1 spiro atoms. The van der Waals surface area contributed by atoms with E-state index in [1.165, 1.54) is 38.2 Å². The molecule has 106 valence electrons. The van der Waals surface area contributed by atoms with Crippen LogP contribution < -0.4 is 0 Å². The lowest BCUT2D eigenvalue weighted by Gasteiger charge is -2.24. The summed E-state index contributed by atoms with van der Waals surface area (Å²) in [6.07, 6.45) is 9.67. The van der Waals surface area contributed by atoms with Crippen molar-refractivity contribution in [2.45, 2.75) is 56.8 Å². The second-order valence-electron chi connectivity index (χ2n) is 6.31. The van der Waals surface area contributed by atoms with Crippen LogP contribution in [0.2, 0.25) is 0 Å². The van der Waals surface area contributed by atoms with Gasteiger partial charge < -0.3 is 9.30 Å². The fraction of sp³-hybridized carbons (Fsp3) is 0.529. The molecule has 1 aliphatic carbocycles. The second-order valence-corrected chi connectivity index (χ2v) is 6.31. The Morgan fingerprint density at radius 3 is 2.90 bits per heavy atom. The van der Waals surface area contributed by atoms with Gasteiger partial charge in [0.2, 0.25) is 0 Å². The first kappa shape index (κ1) is 12.4. The predicted octanol–water partition coefficient (Wildman–Crippen LogP) is 4.27. The number of hydrogen-bond acceptors (Lipinski definition) is 1. The van der Waals surface area contributed by atoms with Gasteiger partial charge in [0.15, 0.2) is 0 Å².